The number of aliphatic hydroxyl groups excluding tert-OH is 2. The van der Waals surface area contributed by atoms with Crippen LogP contribution < -0.4 is 10.1 Å². The Morgan fingerprint density at radius 3 is 2.65 bits per heavy atom. The van der Waals surface area contributed by atoms with Crippen LogP contribution in [0.5, 0.6) is 11.5 Å². The number of benzene rings is 1. The van der Waals surface area contributed by atoms with Gasteiger partial charge in [-0.2, -0.15) is 0 Å². The summed E-state index contributed by atoms with van der Waals surface area (Å²) in [6.07, 6.45) is 1.20. The van der Waals surface area contributed by atoms with Gasteiger partial charge in [-0.3, -0.25) is 0 Å². The van der Waals surface area contributed by atoms with Gasteiger partial charge in [-0.15, -0.1) is 0 Å². The lowest BCUT2D eigenvalue weighted by Crippen LogP contribution is -2.56. The lowest BCUT2D eigenvalue weighted by Gasteiger charge is -2.35. The van der Waals surface area contributed by atoms with E-state index in [0.717, 1.165) is 12.8 Å². The molecule has 1 aromatic carbocycles. The van der Waals surface area contributed by atoms with Crippen LogP contribution >= 0.6 is 0 Å². The molecule has 7 heteroatoms. The molecule has 0 unspecified atom stereocenters. The van der Waals surface area contributed by atoms with Crippen LogP contribution in [0, 0.1) is 0 Å². The van der Waals surface area contributed by atoms with Crippen molar-refractivity contribution in [2.45, 2.75) is 31.5 Å². The van der Waals surface area contributed by atoms with E-state index >= 15 is 0 Å². The fraction of sp³-hybridized carbons (Fsp3) is 0.562. The third-order valence-corrected chi connectivity index (χ3v) is 3.67. The van der Waals surface area contributed by atoms with Crippen molar-refractivity contribution in [3.8, 4) is 11.5 Å². The van der Waals surface area contributed by atoms with Crippen molar-refractivity contribution in [3.05, 3.63) is 24.3 Å². The number of hydrogen-bond acceptors (Lipinski definition) is 5. The van der Waals surface area contributed by atoms with Gasteiger partial charge in [0, 0.05) is 6.54 Å². The number of ether oxygens (including phenoxy) is 1. The molecular formula is C16H24N2O5. The molecule has 1 fully saturated rings. The number of aliphatic hydroxyl groups is 2. The first kappa shape index (κ1) is 17.4. The van der Waals surface area contributed by atoms with E-state index in [9.17, 15) is 9.90 Å². The highest BCUT2D eigenvalue weighted by Gasteiger charge is 2.28. The topological polar surface area (TPSA) is 102 Å². The van der Waals surface area contributed by atoms with Crippen LogP contribution in [0.4, 0.5) is 4.79 Å². The Morgan fingerprint density at radius 1 is 1.30 bits per heavy atom. The monoisotopic (exact) mass is 324 g/mol. The zero-order chi connectivity index (χ0) is 16.7. The summed E-state index contributed by atoms with van der Waals surface area (Å²) in [4.78, 5) is 13.1. The van der Waals surface area contributed by atoms with Gasteiger partial charge in [0.15, 0.2) is 0 Å². The van der Waals surface area contributed by atoms with Gasteiger partial charge in [0.1, 0.15) is 18.1 Å². The number of β-amino-alcohol motifs (C(OH)–C–C–N with tert-alkyl or cyclic N) is 1. The number of nitrogens with one attached hydrogen (secondary N) is 1. The molecule has 128 valence electrons. The van der Waals surface area contributed by atoms with Crippen molar-refractivity contribution in [1.29, 1.82) is 0 Å². The minimum absolute atomic E-state index is 0.147. The molecule has 0 saturated carbocycles. The third-order valence-electron chi connectivity index (χ3n) is 3.67. The SMILES string of the molecule is O=C(NCCCC[C@H](O)COc1ccc(O)cc1)N1CC(O)C1. The third kappa shape index (κ3) is 5.96. The number of phenols is 1. The van der Waals surface area contributed by atoms with Gasteiger partial charge >= 0.3 is 6.03 Å². The molecule has 0 radical (unpaired) electrons. The summed E-state index contributed by atoms with van der Waals surface area (Å²) in [5.41, 5.74) is 0. The van der Waals surface area contributed by atoms with Crippen LogP contribution in [0.15, 0.2) is 24.3 Å². The lowest BCUT2D eigenvalue weighted by atomic mass is 10.1. The molecule has 1 saturated heterocycles. The molecule has 23 heavy (non-hydrogen) atoms. The summed E-state index contributed by atoms with van der Waals surface area (Å²) in [6.45, 7) is 1.55. The number of amides is 2. The molecule has 7 nitrogen and oxygen atoms in total. The van der Waals surface area contributed by atoms with E-state index in [-0.39, 0.29) is 24.5 Å². The molecule has 1 aliphatic rings. The Balaban J connectivity index is 1.49. The smallest absolute Gasteiger partial charge is 0.317 e. The summed E-state index contributed by atoms with van der Waals surface area (Å²) < 4.78 is 5.42. The van der Waals surface area contributed by atoms with Gasteiger partial charge < -0.3 is 30.3 Å². The van der Waals surface area contributed by atoms with E-state index in [2.05, 4.69) is 5.32 Å². The highest BCUT2D eigenvalue weighted by atomic mass is 16.5. The van der Waals surface area contributed by atoms with Crippen molar-refractivity contribution in [2.75, 3.05) is 26.2 Å². The molecule has 1 heterocycles. The van der Waals surface area contributed by atoms with E-state index in [0.29, 0.717) is 31.8 Å². The lowest BCUT2D eigenvalue weighted by molar-refractivity contribution is 0.0266. The number of unbranched alkanes of at least 4 members (excludes halogenated alkanes) is 1. The second-order valence-corrected chi connectivity index (χ2v) is 5.75. The number of likely N-dealkylation sites (tertiary alicyclic amines) is 1. The number of urea groups is 1. The van der Waals surface area contributed by atoms with E-state index < -0.39 is 6.10 Å². The number of rotatable bonds is 8. The van der Waals surface area contributed by atoms with Crippen LogP contribution in [0.3, 0.4) is 0 Å². The molecule has 1 atom stereocenters. The Kier molecular flexibility index (Phi) is 6.49. The van der Waals surface area contributed by atoms with Gasteiger partial charge in [-0.1, -0.05) is 0 Å². The summed E-state index contributed by atoms with van der Waals surface area (Å²) in [5, 5.41) is 30.9. The van der Waals surface area contributed by atoms with Gasteiger partial charge in [-0.25, -0.2) is 4.79 Å². The van der Waals surface area contributed by atoms with Crippen LogP contribution in [-0.4, -0.2) is 64.7 Å². The largest absolute Gasteiger partial charge is 0.508 e. The number of phenolic OH excluding ortho intramolecular Hbond substituents is 1. The summed E-state index contributed by atoms with van der Waals surface area (Å²) in [5.74, 6) is 0.776. The fourth-order valence-electron chi connectivity index (χ4n) is 2.25. The molecule has 0 aliphatic carbocycles. The zero-order valence-electron chi connectivity index (χ0n) is 13.0. The molecule has 2 amide bonds. The standard InChI is InChI=1S/C16H24N2O5/c19-12-4-6-15(7-5-12)23-11-13(20)3-1-2-8-17-16(22)18-9-14(21)10-18/h4-7,13-14,19-21H,1-3,8-11H2,(H,17,22)/t13-/m0/s1. The summed E-state index contributed by atoms with van der Waals surface area (Å²) >= 11 is 0. The van der Waals surface area contributed by atoms with Crippen molar-refractivity contribution in [1.82, 2.24) is 10.2 Å². The maximum atomic E-state index is 11.6. The highest BCUT2D eigenvalue weighted by Crippen LogP contribution is 2.16. The fourth-order valence-corrected chi connectivity index (χ4v) is 2.25. The normalized spacial score (nSPS) is 15.8. The predicted octanol–water partition coefficient (Wildman–Crippen LogP) is 0.688. The number of aromatic hydroxyl groups is 1. The van der Waals surface area contributed by atoms with Crippen LogP contribution in [0.2, 0.25) is 0 Å². The summed E-state index contributed by atoms with van der Waals surface area (Å²) in [6, 6.07) is 6.20. The first-order valence-corrected chi connectivity index (χ1v) is 7.85. The molecule has 1 aliphatic heterocycles. The maximum Gasteiger partial charge on any atom is 0.317 e. The quantitative estimate of drug-likeness (QED) is 0.527. The van der Waals surface area contributed by atoms with Gasteiger partial charge in [0.2, 0.25) is 0 Å². The van der Waals surface area contributed by atoms with Crippen molar-refractivity contribution >= 4 is 6.03 Å². The van der Waals surface area contributed by atoms with Crippen molar-refractivity contribution in [3.63, 3.8) is 0 Å². The first-order valence-electron chi connectivity index (χ1n) is 7.85. The van der Waals surface area contributed by atoms with Crippen LogP contribution in [0.25, 0.3) is 0 Å². The number of nitrogens with zero attached hydrogens (tertiary/aromatic N) is 1. The van der Waals surface area contributed by atoms with Gasteiger partial charge in [-0.05, 0) is 43.5 Å². The first-order chi connectivity index (χ1) is 11.0. The molecule has 4 N–H and O–H groups in total. The zero-order valence-corrected chi connectivity index (χ0v) is 13.0. The van der Waals surface area contributed by atoms with Crippen LogP contribution in [0.1, 0.15) is 19.3 Å². The van der Waals surface area contributed by atoms with Crippen molar-refractivity contribution < 1.29 is 24.9 Å². The summed E-state index contributed by atoms with van der Waals surface area (Å²) in [7, 11) is 0. The maximum absolute atomic E-state index is 11.6. The minimum atomic E-state index is -0.565. The molecular weight excluding hydrogens is 300 g/mol. The highest BCUT2D eigenvalue weighted by molar-refractivity contribution is 5.75. The van der Waals surface area contributed by atoms with E-state index in [4.69, 9.17) is 14.9 Å². The molecule has 0 bridgehead atoms. The number of hydrogen-bond donors (Lipinski definition) is 4. The second kappa shape index (κ2) is 8.59. The Bertz CT molecular complexity index is 488. The van der Waals surface area contributed by atoms with E-state index in [1.165, 1.54) is 12.1 Å². The molecule has 1 aromatic rings. The number of carbonyl (C=O) groups excluding carboxylic acids is 1. The average Bonchev–Trinajstić information content (AvgIpc) is 2.50. The van der Waals surface area contributed by atoms with Gasteiger partial charge in [0.25, 0.3) is 0 Å². The van der Waals surface area contributed by atoms with E-state index in [1.54, 1.807) is 17.0 Å². The number of carbonyl (C=O) groups is 1. The minimum Gasteiger partial charge on any atom is -0.508 e. The Labute approximate surface area is 135 Å². The molecule has 0 spiro atoms. The molecule has 2 rings (SSSR count). The van der Waals surface area contributed by atoms with Crippen LogP contribution in [-0.2, 0) is 0 Å². The average molecular weight is 324 g/mol. The predicted molar refractivity (Wildman–Crippen MR) is 84.4 cm³/mol. The van der Waals surface area contributed by atoms with E-state index in [1.807, 2.05) is 0 Å². The molecule has 0 aromatic heterocycles. The Hall–Kier alpha value is -1.99. The van der Waals surface area contributed by atoms with Gasteiger partial charge in [0.05, 0.1) is 25.3 Å². The van der Waals surface area contributed by atoms with Crippen molar-refractivity contribution in [2.24, 2.45) is 0 Å². The second-order valence-electron chi connectivity index (χ2n) is 5.75. The Morgan fingerprint density at radius 2 is 2.00 bits per heavy atom.